The molecule has 0 saturated carbocycles. The molecule has 1 aromatic heterocycles. The first-order chi connectivity index (χ1) is 11.1. The van der Waals surface area contributed by atoms with Crippen LogP contribution in [0.2, 0.25) is 0 Å². The molecule has 3 rings (SSSR count). The van der Waals surface area contributed by atoms with Crippen molar-refractivity contribution in [1.82, 2.24) is 4.98 Å². The van der Waals surface area contributed by atoms with Gasteiger partial charge in [-0.15, -0.1) is 0 Å². The van der Waals surface area contributed by atoms with E-state index in [4.69, 9.17) is 0 Å². The molecule has 0 amide bonds. The molecular weight excluding hydrogens is 286 g/mol. The maximum atomic E-state index is 11.4. The Kier molecular flexibility index (Phi) is 4.20. The van der Waals surface area contributed by atoms with Gasteiger partial charge >= 0.3 is 5.97 Å². The van der Waals surface area contributed by atoms with Gasteiger partial charge in [0.15, 0.2) is 0 Å². The molecule has 2 N–H and O–H groups in total. The number of nitrogens with one attached hydrogen (secondary N) is 1. The fourth-order valence-electron chi connectivity index (χ4n) is 3.20. The smallest absolute Gasteiger partial charge is 0.304 e. The number of hydrogen-bond acceptors (Lipinski definition) is 1. The van der Waals surface area contributed by atoms with E-state index in [0.717, 1.165) is 28.5 Å². The van der Waals surface area contributed by atoms with Crippen molar-refractivity contribution in [1.29, 1.82) is 0 Å². The molecule has 1 atom stereocenters. The lowest BCUT2D eigenvalue weighted by atomic mass is 9.87. The molecular formula is C20H21NO2. The molecule has 3 heteroatoms. The van der Waals surface area contributed by atoms with Crippen LogP contribution in [0.5, 0.6) is 0 Å². The molecule has 3 nitrogen and oxygen atoms in total. The van der Waals surface area contributed by atoms with Gasteiger partial charge in [0.05, 0.1) is 6.42 Å². The maximum Gasteiger partial charge on any atom is 0.304 e. The number of para-hydroxylation sites is 1. The lowest BCUT2D eigenvalue weighted by Crippen LogP contribution is -2.07. The number of aryl methyl sites for hydroxylation is 2. The fourth-order valence-corrected chi connectivity index (χ4v) is 3.20. The highest BCUT2D eigenvalue weighted by atomic mass is 16.4. The van der Waals surface area contributed by atoms with E-state index in [1.54, 1.807) is 0 Å². The van der Waals surface area contributed by atoms with Gasteiger partial charge < -0.3 is 10.1 Å². The zero-order valence-electron chi connectivity index (χ0n) is 13.5. The van der Waals surface area contributed by atoms with E-state index < -0.39 is 5.97 Å². The predicted molar refractivity (Wildman–Crippen MR) is 93.0 cm³/mol. The van der Waals surface area contributed by atoms with Gasteiger partial charge in [0.1, 0.15) is 0 Å². The number of H-pyrrole nitrogens is 1. The van der Waals surface area contributed by atoms with Crippen molar-refractivity contribution in [2.24, 2.45) is 0 Å². The first-order valence-electron chi connectivity index (χ1n) is 7.97. The fraction of sp³-hybridized carbons (Fsp3) is 0.250. The average molecular weight is 307 g/mol. The van der Waals surface area contributed by atoms with Crippen molar-refractivity contribution in [3.63, 3.8) is 0 Å². The quantitative estimate of drug-likeness (QED) is 0.721. The average Bonchev–Trinajstić information content (AvgIpc) is 2.97. The van der Waals surface area contributed by atoms with Crippen LogP contribution in [-0.4, -0.2) is 16.1 Å². The highest BCUT2D eigenvalue weighted by Gasteiger charge is 2.21. The number of aromatic amines is 1. The lowest BCUT2D eigenvalue weighted by Gasteiger charge is -2.15. The lowest BCUT2D eigenvalue weighted by molar-refractivity contribution is -0.137. The summed E-state index contributed by atoms with van der Waals surface area (Å²) in [7, 11) is 0. The molecule has 0 aliphatic heterocycles. The Balaban J connectivity index is 2.13. The van der Waals surface area contributed by atoms with E-state index in [9.17, 15) is 9.90 Å². The van der Waals surface area contributed by atoms with Crippen LogP contribution >= 0.6 is 0 Å². The van der Waals surface area contributed by atoms with E-state index >= 15 is 0 Å². The molecule has 1 heterocycles. The number of carboxylic acids is 1. The number of hydrogen-bond donors (Lipinski definition) is 2. The summed E-state index contributed by atoms with van der Waals surface area (Å²) in [5, 5.41) is 10.5. The van der Waals surface area contributed by atoms with Gasteiger partial charge in [-0.1, -0.05) is 55.0 Å². The summed E-state index contributed by atoms with van der Waals surface area (Å²) >= 11 is 0. The zero-order chi connectivity index (χ0) is 16.4. The van der Waals surface area contributed by atoms with Gasteiger partial charge in [0.2, 0.25) is 0 Å². The molecule has 3 aromatic rings. The largest absolute Gasteiger partial charge is 0.481 e. The molecule has 2 aromatic carbocycles. The van der Waals surface area contributed by atoms with Crippen molar-refractivity contribution < 1.29 is 9.90 Å². The molecule has 0 saturated heterocycles. The number of aromatic nitrogens is 1. The number of carboxylic acid groups (broad SMARTS) is 1. The minimum absolute atomic E-state index is 0.0896. The summed E-state index contributed by atoms with van der Waals surface area (Å²) in [6.07, 6.45) is 3.01. The summed E-state index contributed by atoms with van der Waals surface area (Å²) in [5.41, 5.74) is 5.65. The summed E-state index contributed by atoms with van der Waals surface area (Å²) in [6.45, 7) is 4.17. The van der Waals surface area contributed by atoms with E-state index in [1.165, 1.54) is 11.1 Å². The zero-order valence-corrected chi connectivity index (χ0v) is 13.5. The van der Waals surface area contributed by atoms with Crippen molar-refractivity contribution in [2.45, 2.75) is 32.6 Å². The Bertz CT molecular complexity index is 830. The molecule has 0 aliphatic carbocycles. The first kappa shape index (κ1) is 15.3. The SMILES string of the molecule is CCc1cccc2c([C@H](CC(=O)O)c3ccc(C)cc3)c[nH]c12. The van der Waals surface area contributed by atoms with Crippen LogP contribution < -0.4 is 0 Å². The van der Waals surface area contributed by atoms with Crippen LogP contribution in [0.15, 0.2) is 48.7 Å². The maximum absolute atomic E-state index is 11.4. The van der Waals surface area contributed by atoms with E-state index in [1.807, 2.05) is 43.5 Å². The molecule has 0 bridgehead atoms. The van der Waals surface area contributed by atoms with Gasteiger partial charge in [-0.3, -0.25) is 4.79 Å². The Hall–Kier alpha value is -2.55. The second kappa shape index (κ2) is 6.29. The van der Waals surface area contributed by atoms with Crippen LogP contribution in [0.3, 0.4) is 0 Å². The minimum Gasteiger partial charge on any atom is -0.481 e. The summed E-state index contributed by atoms with van der Waals surface area (Å²) in [6, 6.07) is 14.4. The van der Waals surface area contributed by atoms with Gasteiger partial charge in [-0.05, 0) is 30.0 Å². The van der Waals surface area contributed by atoms with Crippen molar-refractivity contribution in [3.8, 4) is 0 Å². The number of benzene rings is 2. The highest BCUT2D eigenvalue weighted by molar-refractivity contribution is 5.87. The molecule has 0 unspecified atom stereocenters. The predicted octanol–water partition coefficient (Wildman–Crippen LogP) is 4.65. The Morgan fingerprint density at radius 2 is 1.91 bits per heavy atom. The van der Waals surface area contributed by atoms with Gasteiger partial charge in [0.25, 0.3) is 0 Å². The minimum atomic E-state index is -0.781. The second-order valence-electron chi connectivity index (χ2n) is 6.00. The Morgan fingerprint density at radius 3 is 2.57 bits per heavy atom. The Labute approximate surface area is 136 Å². The second-order valence-corrected chi connectivity index (χ2v) is 6.00. The van der Waals surface area contributed by atoms with Crippen molar-refractivity contribution in [2.75, 3.05) is 0 Å². The van der Waals surface area contributed by atoms with Crippen LogP contribution in [0.25, 0.3) is 10.9 Å². The third-order valence-corrected chi connectivity index (χ3v) is 4.45. The van der Waals surface area contributed by atoms with Crippen molar-refractivity contribution >= 4 is 16.9 Å². The molecule has 118 valence electrons. The Morgan fingerprint density at radius 1 is 1.17 bits per heavy atom. The number of fused-ring (bicyclic) bond motifs is 1. The van der Waals surface area contributed by atoms with Crippen LogP contribution in [0, 0.1) is 6.92 Å². The molecule has 0 aliphatic rings. The molecule has 23 heavy (non-hydrogen) atoms. The summed E-state index contributed by atoms with van der Waals surface area (Å²) in [4.78, 5) is 14.7. The van der Waals surface area contributed by atoms with Gasteiger partial charge in [-0.2, -0.15) is 0 Å². The first-order valence-corrected chi connectivity index (χ1v) is 7.97. The third-order valence-electron chi connectivity index (χ3n) is 4.45. The van der Waals surface area contributed by atoms with E-state index in [2.05, 4.69) is 24.0 Å². The van der Waals surface area contributed by atoms with Crippen LogP contribution in [0.4, 0.5) is 0 Å². The summed E-state index contributed by atoms with van der Waals surface area (Å²) < 4.78 is 0. The summed E-state index contributed by atoms with van der Waals surface area (Å²) in [5.74, 6) is -0.925. The van der Waals surface area contributed by atoms with E-state index in [0.29, 0.717) is 0 Å². The van der Waals surface area contributed by atoms with Crippen molar-refractivity contribution in [3.05, 3.63) is 70.9 Å². The van der Waals surface area contributed by atoms with Gasteiger partial charge in [0, 0.05) is 23.0 Å². The number of aliphatic carboxylic acids is 1. The highest BCUT2D eigenvalue weighted by Crippen LogP contribution is 2.34. The van der Waals surface area contributed by atoms with Gasteiger partial charge in [-0.25, -0.2) is 0 Å². The molecule has 0 radical (unpaired) electrons. The normalized spacial score (nSPS) is 12.4. The topological polar surface area (TPSA) is 53.1 Å². The number of carbonyl (C=O) groups is 1. The number of rotatable bonds is 5. The molecule has 0 fully saturated rings. The van der Waals surface area contributed by atoms with E-state index in [-0.39, 0.29) is 12.3 Å². The van der Waals surface area contributed by atoms with Crippen LogP contribution in [0.1, 0.15) is 41.5 Å². The monoisotopic (exact) mass is 307 g/mol. The molecule has 0 spiro atoms. The van der Waals surface area contributed by atoms with Crippen LogP contribution in [-0.2, 0) is 11.2 Å². The standard InChI is InChI=1S/C20H21NO2/c1-3-14-5-4-6-16-18(12-21-20(14)16)17(11-19(22)23)15-9-7-13(2)8-10-15/h4-10,12,17,21H,3,11H2,1-2H3,(H,22,23)/t17-/m1/s1. The third kappa shape index (κ3) is 3.00.